The van der Waals surface area contributed by atoms with Crippen molar-refractivity contribution in [2.24, 2.45) is 5.92 Å². The van der Waals surface area contributed by atoms with Crippen LogP contribution in [0, 0.1) is 5.92 Å². The largest absolute Gasteiger partial charge is 0.497 e. The second-order valence-corrected chi connectivity index (χ2v) is 6.43. The molecule has 3 heterocycles. The fraction of sp³-hybridized carbons (Fsp3) is 0.316. The number of benzene rings is 1. The highest BCUT2D eigenvalue weighted by molar-refractivity contribution is 5.93. The molecule has 0 saturated carbocycles. The molecule has 4 rings (SSSR count). The van der Waals surface area contributed by atoms with E-state index in [1.165, 1.54) is 0 Å². The van der Waals surface area contributed by atoms with E-state index in [9.17, 15) is 4.79 Å². The number of methoxy groups -OCH3 is 1. The third-order valence-corrected chi connectivity index (χ3v) is 4.73. The van der Waals surface area contributed by atoms with Crippen molar-refractivity contribution in [1.82, 2.24) is 14.6 Å². The average Bonchev–Trinajstić information content (AvgIpc) is 3.13. The van der Waals surface area contributed by atoms with Crippen LogP contribution in [0.5, 0.6) is 5.75 Å². The van der Waals surface area contributed by atoms with E-state index in [0.29, 0.717) is 6.54 Å². The predicted octanol–water partition coefficient (Wildman–Crippen LogP) is 2.59. The molecule has 1 N–H and O–H groups in total. The van der Waals surface area contributed by atoms with E-state index in [-0.39, 0.29) is 11.8 Å². The summed E-state index contributed by atoms with van der Waals surface area (Å²) in [5, 5.41) is 11.5. The van der Waals surface area contributed by atoms with E-state index in [2.05, 4.69) is 20.4 Å². The van der Waals surface area contributed by atoms with Crippen molar-refractivity contribution >= 4 is 23.2 Å². The molecular weight excluding hydrogens is 330 g/mol. The summed E-state index contributed by atoms with van der Waals surface area (Å²) >= 11 is 0. The van der Waals surface area contributed by atoms with Gasteiger partial charge in [-0.1, -0.05) is 6.07 Å². The number of amides is 1. The molecule has 1 aliphatic heterocycles. The van der Waals surface area contributed by atoms with Gasteiger partial charge in [0.1, 0.15) is 5.75 Å². The monoisotopic (exact) mass is 351 g/mol. The van der Waals surface area contributed by atoms with E-state index in [1.807, 2.05) is 53.1 Å². The molecule has 2 aromatic heterocycles. The topological polar surface area (TPSA) is 71.8 Å². The first-order valence-electron chi connectivity index (χ1n) is 8.74. The van der Waals surface area contributed by atoms with Crippen molar-refractivity contribution in [2.45, 2.75) is 12.8 Å². The highest BCUT2D eigenvalue weighted by atomic mass is 16.5. The van der Waals surface area contributed by atoms with Crippen LogP contribution in [0.15, 0.2) is 48.7 Å². The Morgan fingerprint density at radius 3 is 2.85 bits per heavy atom. The minimum absolute atomic E-state index is 0.0358. The molecule has 1 atom stereocenters. The third kappa shape index (κ3) is 3.20. The summed E-state index contributed by atoms with van der Waals surface area (Å²) in [6.45, 7) is 1.51. The van der Waals surface area contributed by atoms with Crippen molar-refractivity contribution in [2.75, 3.05) is 30.4 Å². The number of pyridine rings is 1. The van der Waals surface area contributed by atoms with Gasteiger partial charge in [0, 0.05) is 25.0 Å². The fourth-order valence-corrected chi connectivity index (χ4v) is 3.34. The molecule has 1 amide bonds. The molecule has 134 valence electrons. The van der Waals surface area contributed by atoms with Gasteiger partial charge in [0.05, 0.1) is 13.0 Å². The Kier molecular flexibility index (Phi) is 4.43. The molecule has 0 bridgehead atoms. The summed E-state index contributed by atoms with van der Waals surface area (Å²) in [5.74, 6) is 1.52. The van der Waals surface area contributed by atoms with Gasteiger partial charge < -0.3 is 15.0 Å². The van der Waals surface area contributed by atoms with Crippen LogP contribution in [0.3, 0.4) is 0 Å². The minimum atomic E-state index is -0.0816. The molecule has 0 spiro atoms. The van der Waals surface area contributed by atoms with E-state index in [0.717, 1.165) is 42.4 Å². The van der Waals surface area contributed by atoms with Gasteiger partial charge in [0.15, 0.2) is 5.65 Å². The van der Waals surface area contributed by atoms with Gasteiger partial charge in [0.2, 0.25) is 11.9 Å². The second kappa shape index (κ2) is 7.03. The molecule has 1 aliphatic rings. The lowest BCUT2D eigenvalue weighted by Crippen LogP contribution is -2.41. The molecule has 26 heavy (non-hydrogen) atoms. The Morgan fingerprint density at radius 1 is 1.19 bits per heavy atom. The number of carbonyl (C=O) groups excluding carboxylic acids is 1. The summed E-state index contributed by atoms with van der Waals surface area (Å²) < 4.78 is 7.11. The maximum atomic E-state index is 12.7. The van der Waals surface area contributed by atoms with Crippen molar-refractivity contribution in [3.8, 4) is 5.75 Å². The number of rotatable bonds is 4. The van der Waals surface area contributed by atoms with Crippen molar-refractivity contribution in [3.05, 3.63) is 48.7 Å². The molecule has 7 heteroatoms. The Labute approximate surface area is 151 Å². The molecule has 7 nitrogen and oxygen atoms in total. The summed E-state index contributed by atoms with van der Waals surface area (Å²) in [7, 11) is 1.62. The van der Waals surface area contributed by atoms with Crippen LogP contribution >= 0.6 is 0 Å². The lowest BCUT2D eigenvalue weighted by Gasteiger charge is -2.32. The number of anilines is 2. The van der Waals surface area contributed by atoms with Crippen LogP contribution in [0.2, 0.25) is 0 Å². The molecule has 3 aromatic rings. The zero-order valence-electron chi connectivity index (χ0n) is 14.6. The number of ether oxygens (including phenoxy) is 1. The minimum Gasteiger partial charge on any atom is -0.497 e. The normalized spacial score (nSPS) is 17.3. The van der Waals surface area contributed by atoms with E-state index in [4.69, 9.17) is 4.74 Å². The van der Waals surface area contributed by atoms with Gasteiger partial charge in [-0.3, -0.25) is 9.20 Å². The predicted molar refractivity (Wildman–Crippen MR) is 99.5 cm³/mol. The van der Waals surface area contributed by atoms with E-state index < -0.39 is 0 Å². The molecule has 0 aliphatic carbocycles. The highest BCUT2D eigenvalue weighted by Crippen LogP contribution is 2.24. The molecule has 1 aromatic carbocycles. The van der Waals surface area contributed by atoms with Crippen LogP contribution in [0.25, 0.3) is 5.65 Å². The summed E-state index contributed by atoms with van der Waals surface area (Å²) in [6.07, 6.45) is 3.77. The maximum absolute atomic E-state index is 12.7. The maximum Gasteiger partial charge on any atom is 0.231 e. The standard InChI is InChI=1S/C19H21N5O2/c1-26-16-9-7-15(8-10-16)20-18(25)14-5-4-11-23(13-14)19-22-21-17-6-2-3-12-24(17)19/h2-3,6-10,12,14H,4-5,11,13H2,1H3,(H,20,25). The lowest BCUT2D eigenvalue weighted by molar-refractivity contribution is -0.120. The van der Waals surface area contributed by atoms with Gasteiger partial charge in [-0.15, -0.1) is 10.2 Å². The average molecular weight is 351 g/mol. The number of piperidine rings is 1. The smallest absolute Gasteiger partial charge is 0.231 e. The molecule has 1 saturated heterocycles. The first kappa shape index (κ1) is 16.4. The van der Waals surface area contributed by atoms with Crippen LogP contribution in [0.4, 0.5) is 11.6 Å². The van der Waals surface area contributed by atoms with E-state index >= 15 is 0 Å². The number of nitrogens with one attached hydrogen (secondary N) is 1. The first-order chi connectivity index (χ1) is 12.7. The zero-order valence-corrected chi connectivity index (χ0v) is 14.6. The highest BCUT2D eigenvalue weighted by Gasteiger charge is 2.28. The molecular formula is C19H21N5O2. The van der Waals surface area contributed by atoms with Gasteiger partial charge in [-0.05, 0) is 49.2 Å². The van der Waals surface area contributed by atoms with Gasteiger partial charge in [0.25, 0.3) is 0 Å². The Morgan fingerprint density at radius 2 is 2.04 bits per heavy atom. The number of fused-ring (bicyclic) bond motifs is 1. The third-order valence-electron chi connectivity index (χ3n) is 4.73. The lowest BCUT2D eigenvalue weighted by atomic mass is 9.97. The Balaban J connectivity index is 1.46. The number of hydrogen-bond acceptors (Lipinski definition) is 5. The number of hydrogen-bond donors (Lipinski definition) is 1. The van der Waals surface area contributed by atoms with Crippen LogP contribution < -0.4 is 15.0 Å². The molecule has 1 fully saturated rings. The van der Waals surface area contributed by atoms with E-state index in [1.54, 1.807) is 7.11 Å². The molecule has 0 radical (unpaired) electrons. The Hall–Kier alpha value is -3.09. The summed E-state index contributed by atoms with van der Waals surface area (Å²) in [6, 6.07) is 13.2. The number of nitrogens with zero attached hydrogens (tertiary/aromatic N) is 4. The second-order valence-electron chi connectivity index (χ2n) is 6.43. The van der Waals surface area contributed by atoms with Crippen LogP contribution in [-0.4, -0.2) is 40.7 Å². The summed E-state index contributed by atoms with van der Waals surface area (Å²) in [4.78, 5) is 14.8. The van der Waals surface area contributed by atoms with Crippen LogP contribution in [0.1, 0.15) is 12.8 Å². The van der Waals surface area contributed by atoms with Gasteiger partial charge in [-0.25, -0.2) is 0 Å². The quantitative estimate of drug-likeness (QED) is 0.782. The van der Waals surface area contributed by atoms with Gasteiger partial charge >= 0.3 is 0 Å². The van der Waals surface area contributed by atoms with Gasteiger partial charge in [-0.2, -0.15) is 0 Å². The fourth-order valence-electron chi connectivity index (χ4n) is 3.34. The molecule has 1 unspecified atom stereocenters. The number of carbonyl (C=O) groups is 1. The zero-order chi connectivity index (χ0) is 17.9. The first-order valence-corrected chi connectivity index (χ1v) is 8.74. The number of aromatic nitrogens is 3. The SMILES string of the molecule is COc1ccc(NC(=O)C2CCCN(c3nnc4ccccn34)C2)cc1. The van der Waals surface area contributed by atoms with Crippen molar-refractivity contribution in [1.29, 1.82) is 0 Å². The van der Waals surface area contributed by atoms with Crippen molar-refractivity contribution in [3.63, 3.8) is 0 Å². The van der Waals surface area contributed by atoms with Crippen LogP contribution in [-0.2, 0) is 4.79 Å². The Bertz CT molecular complexity index is 906. The van der Waals surface area contributed by atoms with Crippen molar-refractivity contribution < 1.29 is 9.53 Å². The summed E-state index contributed by atoms with van der Waals surface area (Å²) in [5.41, 5.74) is 1.59.